The summed E-state index contributed by atoms with van der Waals surface area (Å²) in [6.07, 6.45) is 2.03. The van der Waals surface area contributed by atoms with Gasteiger partial charge in [-0.05, 0) is 18.9 Å². The second-order valence-corrected chi connectivity index (χ2v) is 5.45. The molecule has 96 valence electrons. The van der Waals surface area contributed by atoms with E-state index in [1.807, 2.05) is 30.3 Å². The Morgan fingerprint density at radius 1 is 1.18 bits per heavy atom. The van der Waals surface area contributed by atoms with Crippen LogP contribution >= 0.6 is 0 Å². The molecule has 0 aliphatic rings. The second kappa shape index (κ2) is 6.18. The molecule has 0 aromatic heterocycles. The minimum Gasteiger partial charge on any atom is -0.382 e. The van der Waals surface area contributed by atoms with Gasteiger partial charge in [0.1, 0.15) is 12.1 Å². The van der Waals surface area contributed by atoms with Crippen LogP contribution in [0.5, 0.6) is 0 Å². The predicted molar refractivity (Wildman–Crippen MR) is 72.7 cm³/mol. The number of rotatable bonds is 6. The lowest BCUT2D eigenvalue weighted by Gasteiger charge is -2.38. The van der Waals surface area contributed by atoms with E-state index in [0.29, 0.717) is 0 Å². The molecule has 17 heavy (non-hydrogen) atoms. The quantitative estimate of drug-likeness (QED) is 0.753. The Morgan fingerprint density at radius 2 is 1.76 bits per heavy atom. The first-order valence-corrected chi connectivity index (χ1v) is 6.54. The zero-order chi connectivity index (χ0) is 12.9. The zero-order valence-corrected chi connectivity index (χ0v) is 11.6. The minimum absolute atomic E-state index is 0.212. The first-order chi connectivity index (χ1) is 7.99. The Labute approximate surface area is 105 Å². The molecular formula is C15H26NO+. The molecule has 0 aliphatic heterocycles. The predicted octanol–water partition coefficient (Wildman–Crippen LogP) is 2.99. The third-order valence-corrected chi connectivity index (χ3v) is 3.79. The van der Waals surface area contributed by atoms with E-state index in [2.05, 4.69) is 27.9 Å². The molecule has 0 aliphatic carbocycles. The summed E-state index contributed by atoms with van der Waals surface area (Å²) in [5.41, 5.74) is 1.02. The maximum absolute atomic E-state index is 10.4. The summed E-state index contributed by atoms with van der Waals surface area (Å²) < 4.78 is 0.865. The van der Waals surface area contributed by atoms with Gasteiger partial charge in [0.05, 0.1) is 20.6 Å². The van der Waals surface area contributed by atoms with Gasteiger partial charge in [-0.2, -0.15) is 0 Å². The number of hydrogen-bond acceptors (Lipinski definition) is 1. The van der Waals surface area contributed by atoms with Crippen LogP contribution in [0.2, 0.25) is 0 Å². The van der Waals surface area contributed by atoms with Crippen LogP contribution in [0.3, 0.4) is 0 Å². The van der Waals surface area contributed by atoms with E-state index in [1.54, 1.807) is 0 Å². The minimum atomic E-state index is -0.386. The van der Waals surface area contributed by atoms with E-state index in [-0.39, 0.29) is 12.1 Å². The van der Waals surface area contributed by atoms with Crippen LogP contribution in [0.4, 0.5) is 0 Å². The summed E-state index contributed by atoms with van der Waals surface area (Å²) in [5, 5.41) is 10.4. The first-order valence-electron chi connectivity index (χ1n) is 6.54. The van der Waals surface area contributed by atoms with E-state index < -0.39 is 0 Å². The Hall–Kier alpha value is -0.860. The van der Waals surface area contributed by atoms with E-state index in [4.69, 9.17) is 0 Å². The molecule has 1 rings (SSSR count). The standard InChI is InChI=1S/C15H26NO/c1-5-6-12-16(3,4)13(2)15(17)14-10-8-7-9-11-14/h7-11,13,15,17H,5-6,12H2,1-4H3/q+1/t13-,15-/m0/s1. The van der Waals surface area contributed by atoms with Gasteiger partial charge in [-0.1, -0.05) is 43.7 Å². The molecule has 0 heterocycles. The summed E-state index contributed by atoms with van der Waals surface area (Å²) in [6.45, 7) is 5.45. The molecule has 0 bridgehead atoms. The Balaban J connectivity index is 2.72. The van der Waals surface area contributed by atoms with Crippen molar-refractivity contribution >= 4 is 0 Å². The number of unbranched alkanes of at least 4 members (excludes halogenated alkanes) is 1. The molecule has 1 aromatic carbocycles. The summed E-state index contributed by atoms with van der Waals surface area (Å²) in [5.74, 6) is 0. The van der Waals surface area contributed by atoms with E-state index in [0.717, 1.165) is 16.6 Å². The molecule has 0 unspecified atom stereocenters. The fourth-order valence-corrected chi connectivity index (χ4v) is 2.08. The van der Waals surface area contributed by atoms with Crippen LogP contribution in [-0.4, -0.2) is 36.3 Å². The average molecular weight is 236 g/mol. The molecule has 1 N–H and O–H groups in total. The van der Waals surface area contributed by atoms with Gasteiger partial charge in [-0.3, -0.25) is 0 Å². The van der Waals surface area contributed by atoms with E-state index in [1.165, 1.54) is 12.8 Å². The lowest BCUT2D eigenvalue weighted by Crippen LogP contribution is -2.50. The fourth-order valence-electron chi connectivity index (χ4n) is 2.08. The van der Waals surface area contributed by atoms with Gasteiger partial charge in [0.2, 0.25) is 0 Å². The van der Waals surface area contributed by atoms with Gasteiger partial charge in [0.15, 0.2) is 0 Å². The maximum Gasteiger partial charge on any atom is 0.130 e. The number of likely N-dealkylation sites (N-methyl/N-ethyl adjacent to an activating group) is 1. The SMILES string of the molecule is CCCC[N+](C)(C)[C@@H](C)[C@H](O)c1ccccc1. The highest BCUT2D eigenvalue weighted by Gasteiger charge is 2.30. The third kappa shape index (κ3) is 3.83. The van der Waals surface area contributed by atoms with Gasteiger partial charge in [0.25, 0.3) is 0 Å². The Kier molecular flexibility index (Phi) is 5.16. The highest BCUT2D eigenvalue weighted by atomic mass is 16.3. The maximum atomic E-state index is 10.4. The normalized spacial score (nSPS) is 15.6. The van der Waals surface area contributed by atoms with Crippen LogP contribution < -0.4 is 0 Å². The topological polar surface area (TPSA) is 20.2 Å². The summed E-state index contributed by atoms with van der Waals surface area (Å²) >= 11 is 0. The number of benzene rings is 1. The summed E-state index contributed by atoms with van der Waals surface area (Å²) in [7, 11) is 4.40. The second-order valence-electron chi connectivity index (χ2n) is 5.45. The van der Waals surface area contributed by atoms with Gasteiger partial charge < -0.3 is 9.59 Å². The highest BCUT2D eigenvalue weighted by Crippen LogP contribution is 2.24. The van der Waals surface area contributed by atoms with Crippen molar-refractivity contribution in [2.24, 2.45) is 0 Å². The zero-order valence-electron chi connectivity index (χ0n) is 11.6. The van der Waals surface area contributed by atoms with Crippen molar-refractivity contribution in [2.45, 2.75) is 38.8 Å². The largest absolute Gasteiger partial charge is 0.382 e. The molecule has 1 aromatic rings. The van der Waals surface area contributed by atoms with Crippen LogP contribution in [0.25, 0.3) is 0 Å². The van der Waals surface area contributed by atoms with Crippen molar-refractivity contribution in [3.8, 4) is 0 Å². The Bertz CT molecular complexity index is 321. The number of aliphatic hydroxyl groups is 1. The van der Waals surface area contributed by atoms with Crippen LogP contribution in [-0.2, 0) is 0 Å². The van der Waals surface area contributed by atoms with Gasteiger partial charge in [0, 0.05) is 0 Å². The molecule has 2 nitrogen and oxygen atoms in total. The summed E-state index contributed by atoms with van der Waals surface area (Å²) in [6, 6.07) is 10.2. The number of aliphatic hydroxyl groups excluding tert-OH is 1. The van der Waals surface area contributed by atoms with Crippen molar-refractivity contribution in [2.75, 3.05) is 20.6 Å². The molecule has 0 spiro atoms. The van der Waals surface area contributed by atoms with Crippen molar-refractivity contribution < 1.29 is 9.59 Å². The van der Waals surface area contributed by atoms with Crippen LogP contribution in [0.1, 0.15) is 38.4 Å². The van der Waals surface area contributed by atoms with Crippen molar-refractivity contribution in [3.05, 3.63) is 35.9 Å². The van der Waals surface area contributed by atoms with Gasteiger partial charge >= 0.3 is 0 Å². The van der Waals surface area contributed by atoms with Gasteiger partial charge in [-0.25, -0.2) is 0 Å². The van der Waals surface area contributed by atoms with Crippen molar-refractivity contribution in [3.63, 3.8) is 0 Å². The fraction of sp³-hybridized carbons (Fsp3) is 0.600. The highest BCUT2D eigenvalue weighted by molar-refractivity contribution is 5.18. The lowest BCUT2D eigenvalue weighted by atomic mass is 10.0. The van der Waals surface area contributed by atoms with Crippen molar-refractivity contribution in [1.82, 2.24) is 0 Å². The van der Waals surface area contributed by atoms with Gasteiger partial charge in [-0.15, -0.1) is 0 Å². The first kappa shape index (κ1) is 14.2. The molecule has 2 heteroatoms. The van der Waals surface area contributed by atoms with E-state index >= 15 is 0 Å². The van der Waals surface area contributed by atoms with Crippen LogP contribution in [0, 0.1) is 0 Å². The molecule has 0 saturated heterocycles. The van der Waals surface area contributed by atoms with Crippen molar-refractivity contribution in [1.29, 1.82) is 0 Å². The number of quaternary nitrogens is 1. The molecule has 2 atom stereocenters. The van der Waals surface area contributed by atoms with Crippen LogP contribution in [0.15, 0.2) is 30.3 Å². The monoisotopic (exact) mass is 236 g/mol. The molecule has 0 fully saturated rings. The Morgan fingerprint density at radius 3 is 2.29 bits per heavy atom. The molecule has 0 amide bonds. The molecular weight excluding hydrogens is 210 g/mol. The lowest BCUT2D eigenvalue weighted by molar-refractivity contribution is -0.917. The van der Waals surface area contributed by atoms with E-state index in [9.17, 15) is 5.11 Å². The number of nitrogens with zero attached hydrogens (tertiary/aromatic N) is 1. The average Bonchev–Trinajstić information content (AvgIpc) is 2.35. The third-order valence-electron chi connectivity index (χ3n) is 3.79. The molecule has 0 radical (unpaired) electrons. The number of hydrogen-bond donors (Lipinski definition) is 1. The smallest absolute Gasteiger partial charge is 0.130 e. The summed E-state index contributed by atoms with van der Waals surface area (Å²) in [4.78, 5) is 0. The molecule has 0 saturated carbocycles.